The molecule has 0 amide bonds. The number of hydrogen-bond acceptors (Lipinski definition) is 2. The minimum atomic E-state index is -0.525. The van der Waals surface area contributed by atoms with Crippen molar-refractivity contribution < 1.29 is 9.59 Å². The van der Waals surface area contributed by atoms with E-state index in [-0.39, 0.29) is 6.29 Å². The maximum Gasteiger partial charge on any atom is 0.225 e. The van der Waals surface area contributed by atoms with Crippen LogP contribution in [0.5, 0.6) is 0 Å². The molecule has 2 nitrogen and oxygen atoms in total. The first-order valence-electron chi connectivity index (χ1n) is 3.21. The Bertz CT molecular complexity index is 222. The lowest BCUT2D eigenvalue weighted by Gasteiger charge is -1.89. The summed E-state index contributed by atoms with van der Waals surface area (Å²) in [5, 5.41) is 0. The van der Waals surface area contributed by atoms with Crippen molar-refractivity contribution in [2.24, 2.45) is 0 Å². The zero-order valence-corrected chi connectivity index (χ0v) is 6.41. The van der Waals surface area contributed by atoms with Gasteiger partial charge >= 0.3 is 0 Å². The second kappa shape index (κ2) is 5.35. The van der Waals surface area contributed by atoms with Gasteiger partial charge in [0.2, 0.25) is 5.78 Å². The predicted molar refractivity (Wildman–Crippen MR) is 44.2 cm³/mol. The molecule has 0 bridgehead atoms. The molecule has 0 spiro atoms. The van der Waals surface area contributed by atoms with E-state index in [1.165, 1.54) is 12.2 Å². The van der Waals surface area contributed by atoms with Gasteiger partial charge in [0.15, 0.2) is 6.29 Å². The third-order valence-electron chi connectivity index (χ3n) is 1.04. The number of aldehydes is 1. The molecule has 0 aromatic rings. The van der Waals surface area contributed by atoms with Crippen LogP contribution in [0.4, 0.5) is 0 Å². The fourth-order valence-corrected chi connectivity index (χ4v) is 0.594. The van der Waals surface area contributed by atoms with Crippen molar-refractivity contribution in [2.45, 2.75) is 6.92 Å². The Labute approximate surface area is 65.9 Å². The maximum atomic E-state index is 10.8. The largest absolute Gasteiger partial charge is 0.294 e. The minimum absolute atomic E-state index is 0.287. The molecule has 2 heteroatoms. The molecule has 58 valence electrons. The quantitative estimate of drug-likeness (QED) is 0.263. The zero-order chi connectivity index (χ0) is 8.69. The normalized spacial score (nSPS) is 11.5. The molecular weight excluding hydrogens is 140 g/mol. The molecule has 0 aromatic heterocycles. The number of hydrogen-bond donors (Lipinski definition) is 0. The third-order valence-corrected chi connectivity index (χ3v) is 1.04. The van der Waals surface area contributed by atoms with Gasteiger partial charge in [-0.3, -0.25) is 9.59 Å². The summed E-state index contributed by atoms with van der Waals surface area (Å²) in [6.45, 7) is 5.19. The Kier molecular flexibility index (Phi) is 4.65. The number of ketones is 1. The number of carbonyl (C=O) groups excluding carboxylic acids is 2. The van der Waals surface area contributed by atoms with Crippen molar-refractivity contribution in [3.05, 3.63) is 36.5 Å². The van der Waals surface area contributed by atoms with Gasteiger partial charge < -0.3 is 0 Å². The zero-order valence-electron chi connectivity index (χ0n) is 6.41. The molecule has 0 atom stereocenters. The molecule has 0 unspecified atom stereocenters. The fraction of sp³-hybridized carbons (Fsp3) is 0.111. The van der Waals surface area contributed by atoms with Crippen LogP contribution < -0.4 is 0 Å². The van der Waals surface area contributed by atoms with Crippen LogP contribution in [0, 0.1) is 0 Å². The molecule has 0 aliphatic rings. The average Bonchev–Trinajstić information content (AvgIpc) is 2.03. The van der Waals surface area contributed by atoms with Gasteiger partial charge in [-0.05, 0) is 6.92 Å². The number of carbonyl (C=O) groups is 2. The highest BCUT2D eigenvalue weighted by atomic mass is 16.2. The summed E-state index contributed by atoms with van der Waals surface area (Å²) in [6.07, 6.45) is 6.51. The Morgan fingerprint density at radius 3 is 2.45 bits per heavy atom. The number of Topliss-reactive ketones (excluding diaryl/α,β-unsaturated/α-hetero) is 1. The van der Waals surface area contributed by atoms with Crippen LogP contribution in [0.15, 0.2) is 36.5 Å². The van der Waals surface area contributed by atoms with E-state index in [1.54, 1.807) is 19.1 Å². The van der Waals surface area contributed by atoms with Gasteiger partial charge in [0.1, 0.15) is 0 Å². The highest BCUT2D eigenvalue weighted by Gasteiger charge is 2.01. The van der Waals surface area contributed by atoms with Crippen LogP contribution >= 0.6 is 0 Å². The molecule has 0 radical (unpaired) electrons. The van der Waals surface area contributed by atoms with Crippen molar-refractivity contribution in [1.29, 1.82) is 0 Å². The molecule has 0 rings (SSSR count). The molecule has 0 fully saturated rings. The average molecular weight is 150 g/mol. The van der Waals surface area contributed by atoms with Gasteiger partial charge in [-0.15, -0.1) is 0 Å². The summed E-state index contributed by atoms with van der Waals surface area (Å²) in [5.74, 6) is -0.525. The van der Waals surface area contributed by atoms with Gasteiger partial charge in [0.25, 0.3) is 0 Å². The molecule has 0 saturated carbocycles. The van der Waals surface area contributed by atoms with E-state index < -0.39 is 5.78 Å². The molecule has 11 heavy (non-hydrogen) atoms. The summed E-state index contributed by atoms with van der Waals surface area (Å²) < 4.78 is 0. The maximum absolute atomic E-state index is 10.8. The minimum Gasteiger partial charge on any atom is -0.294 e. The van der Waals surface area contributed by atoms with Crippen molar-refractivity contribution in [3.8, 4) is 0 Å². The number of allylic oxidation sites excluding steroid dienone is 5. The van der Waals surface area contributed by atoms with Gasteiger partial charge in [0.05, 0.1) is 0 Å². The van der Waals surface area contributed by atoms with Crippen LogP contribution in [0.2, 0.25) is 0 Å². The van der Waals surface area contributed by atoms with E-state index in [0.717, 1.165) is 0 Å². The lowest BCUT2D eigenvalue weighted by molar-refractivity contribution is -0.127. The van der Waals surface area contributed by atoms with E-state index in [9.17, 15) is 9.59 Å². The van der Waals surface area contributed by atoms with Crippen LogP contribution in [0.3, 0.4) is 0 Å². The summed E-state index contributed by atoms with van der Waals surface area (Å²) >= 11 is 0. The molecule has 0 saturated heterocycles. The lowest BCUT2D eigenvalue weighted by atomic mass is 10.1. The second-order valence-corrected chi connectivity index (χ2v) is 1.84. The van der Waals surface area contributed by atoms with Crippen molar-refractivity contribution in [1.82, 2.24) is 0 Å². The highest BCUT2D eigenvalue weighted by molar-refractivity contribution is 6.34. The van der Waals surface area contributed by atoms with Crippen molar-refractivity contribution in [3.63, 3.8) is 0 Å². The Balaban J connectivity index is 4.59. The van der Waals surface area contributed by atoms with E-state index in [1.807, 2.05) is 0 Å². The van der Waals surface area contributed by atoms with E-state index in [2.05, 4.69) is 6.58 Å². The summed E-state index contributed by atoms with van der Waals surface area (Å²) in [7, 11) is 0. The summed E-state index contributed by atoms with van der Waals surface area (Å²) in [4.78, 5) is 20.8. The van der Waals surface area contributed by atoms with Crippen LogP contribution in [0.1, 0.15) is 6.92 Å². The SMILES string of the molecule is C=C/C=C(\C=C/C)C(=O)C=O. The smallest absolute Gasteiger partial charge is 0.225 e. The third kappa shape index (κ3) is 3.30. The van der Waals surface area contributed by atoms with Gasteiger partial charge in [-0.25, -0.2) is 0 Å². The molecule has 0 N–H and O–H groups in total. The Morgan fingerprint density at radius 2 is 2.09 bits per heavy atom. The Morgan fingerprint density at radius 1 is 1.45 bits per heavy atom. The van der Waals surface area contributed by atoms with E-state index in [0.29, 0.717) is 5.57 Å². The van der Waals surface area contributed by atoms with Gasteiger partial charge in [-0.1, -0.05) is 30.9 Å². The van der Waals surface area contributed by atoms with Crippen LogP contribution in [0.25, 0.3) is 0 Å². The second-order valence-electron chi connectivity index (χ2n) is 1.84. The van der Waals surface area contributed by atoms with E-state index in [4.69, 9.17) is 0 Å². The number of rotatable bonds is 4. The van der Waals surface area contributed by atoms with Crippen LogP contribution in [-0.2, 0) is 9.59 Å². The predicted octanol–water partition coefficient (Wildman–Crippen LogP) is 1.44. The summed E-state index contributed by atoms with van der Waals surface area (Å²) in [6, 6.07) is 0. The van der Waals surface area contributed by atoms with Gasteiger partial charge in [0, 0.05) is 5.57 Å². The molecule has 0 aliphatic carbocycles. The Hall–Kier alpha value is -1.44. The first kappa shape index (κ1) is 9.56. The summed E-state index contributed by atoms with van der Waals surface area (Å²) in [5.41, 5.74) is 0.359. The molecule has 0 heterocycles. The highest BCUT2D eigenvalue weighted by Crippen LogP contribution is 1.97. The monoisotopic (exact) mass is 150 g/mol. The first-order chi connectivity index (χ1) is 5.26. The fourth-order valence-electron chi connectivity index (χ4n) is 0.594. The van der Waals surface area contributed by atoms with E-state index >= 15 is 0 Å². The lowest BCUT2D eigenvalue weighted by Crippen LogP contribution is -2.00. The molecular formula is C9H10O2. The standard InChI is InChI=1S/C9H10O2/c1-3-5-8(6-4-2)9(11)7-10/h3-7H,1H2,2H3/b6-4-,8-5+. The van der Waals surface area contributed by atoms with Crippen molar-refractivity contribution in [2.75, 3.05) is 0 Å². The molecule has 0 aromatic carbocycles. The van der Waals surface area contributed by atoms with Gasteiger partial charge in [-0.2, -0.15) is 0 Å². The molecule has 0 aliphatic heterocycles. The van der Waals surface area contributed by atoms with Crippen molar-refractivity contribution >= 4 is 12.1 Å². The first-order valence-corrected chi connectivity index (χ1v) is 3.21. The topological polar surface area (TPSA) is 34.1 Å². The van der Waals surface area contributed by atoms with Crippen LogP contribution in [-0.4, -0.2) is 12.1 Å².